The van der Waals surface area contributed by atoms with Crippen LogP contribution in [0.5, 0.6) is 0 Å². The summed E-state index contributed by atoms with van der Waals surface area (Å²) in [6.07, 6.45) is 1.80. The summed E-state index contributed by atoms with van der Waals surface area (Å²) in [4.78, 5) is 0. The van der Waals surface area contributed by atoms with Crippen LogP contribution in [-0.2, 0) is 14.2 Å². The van der Waals surface area contributed by atoms with E-state index >= 15 is 0 Å². The first-order valence-corrected chi connectivity index (χ1v) is 4.00. The van der Waals surface area contributed by atoms with Gasteiger partial charge in [0.05, 0.1) is 19.3 Å². The standard InChI is InChI=1S/C9H18O3/c1-6-12-8(10-4)7-9(2,3)11-5/h7H,6H2,1-5H3/b8-7+. The largest absolute Gasteiger partial charge is 0.469 e. The predicted octanol–water partition coefficient (Wildman–Crippen LogP) is 1.94. The van der Waals surface area contributed by atoms with Crippen LogP contribution in [0, 0.1) is 0 Å². The highest BCUT2D eigenvalue weighted by Gasteiger charge is 2.15. The molecule has 3 nitrogen and oxygen atoms in total. The van der Waals surface area contributed by atoms with Gasteiger partial charge in [-0.1, -0.05) is 0 Å². The van der Waals surface area contributed by atoms with Crippen LogP contribution in [0.25, 0.3) is 0 Å². The molecule has 0 aliphatic rings. The van der Waals surface area contributed by atoms with Crippen LogP contribution in [0.3, 0.4) is 0 Å². The van der Waals surface area contributed by atoms with E-state index in [1.54, 1.807) is 20.3 Å². The third-order valence-corrected chi connectivity index (χ3v) is 1.48. The van der Waals surface area contributed by atoms with Gasteiger partial charge in [0.25, 0.3) is 5.95 Å². The molecule has 0 N–H and O–H groups in total. The molecule has 0 amide bonds. The van der Waals surface area contributed by atoms with Crippen molar-refractivity contribution in [2.24, 2.45) is 0 Å². The zero-order chi connectivity index (χ0) is 9.61. The van der Waals surface area contributed by atoms with Crippen molar-refractivity contribution in [3.8, 4) is 0 Å². The van der Waals surface area contributed by atoms with E-state index in [2.05, 4.69) is 0 Å². The first-order valence-electron chi connectivity index (χ1n) is 4.00. The van der Waals surface area contributed by atoms with Crippen LogP contribution in [0.4, 0.5) is 0 Å². The quantitative estimate of drug-likeness (QED) is 0.596. The van der Waals surface area contributed by atoms with Gasteiger partial charge in [-0.25, -0.2) is 0 Å². The fourth-order valence-electron chi connectivity index (χ4n) is 0.645. The Morgan fingerprint density at radius 3 is 2.25 bits per heavy atom. The van der Waals surface area contributed by atoms with Crippen molar-refractivity contribution in [1.29, 1.82) is 0 Å². The number of ether oxygens (including phenoxy) is 3. The van der Waals surface area contributed by atoms with E-state index in [0.717, 1.165) is 0 Å². The third kappa shape index (κ3) is 4.23. The minimum Gasteiger partial charge on any atom is -0.469 e. The van der Waals surface area contributed by atoms with Crippen molar-refractivity contribution in [3.63, 3.8) is 0 Å². The van der Waals surface area contributed by atoms with E-state index < -0.39 is 0 Å². The highest BCUT2D eigenvalue weighted by atomic mass is 16.7. The number of hydrogen-bond donors (Lipinski definition) is 0. The van der Waals surface area contributed by atoms with Gasteiger partial charge in [-0.3, -0.25) is 0 Å². The Hall–Kier alpha value is -0.700. The molecule has 0 atom stereocenters. The highest BCUT2D eigenvalue weighted by molar-refractivity contribution is 4.97. The molecule has 0 aromatic rings. The van der Waals surface area contributed by atoms with Crippen molar-refractivity contribution < 1.29 is 14.2 Å². The normalized spacial score (nSPS) is 12.9. The van der Waals surface area contributed by atoms with Gasteiger partial charge in [0, 0.05) is 13.2 Å². The fourth-order valence-corrected chi connectivity index (χ4v) is 0.645. The van der Waals surface area contributed by atoms with Gasteiger partial charge in [0.15, 0.2) is 0 Å². The van der Waals surface area contributed by atoms with E-state index in [9.17, 15) is 0 Å². The smallest absolute Gasteiger partial charge is 0.277 e. The van der Waals surface area contributed by atoms with Crippen LogP contribution in [-0.4, -0.2) is 26.4 Å². The van der Waals surface area contributed by atoms with Crippen LogP contribution < -0.4 is 0 Å². The number of hydrogen-bond acceptors (Lipinski definition) is 3. The molecule has 0 bridgehead atoms. The molecule has 0 heterocycles. The summed E-state index contributed by atoms with van der Waals surface area (Å²) in [7, 11) is 3.23. The molecule has 0 fully saturated rings. The summed E-state index contributed by atoms with van der Waals surface area (Å²) >= 11 is 0. The molecule has 0 spiro atoms. The molecule has 72 valence electrons. The van der Waals surface area contributed by atoms with Crippen molar-refractivity contribution in [1.82, 2.24) is 0 Å². The fraction of sp³-hybridized carbons (Fsp3) is 0.778. The Morgan fingerprint density at radius 1 is 1.33 bits per heavy atom. The molecule has 0 saturated carbocycles. The molecule has 0 unspecified atom stereocenters. The summed E-state index contributed by atoms with van der Waals surface area (Å²) in [5.41, 5.74) is -0.347. The van der Waals surface area contributed by atoms with E-state index in [1.165, 1.54) is 0 Å². The molecule has 0 aliphatic carbocycles. The van der Waals surface area contributed by atoms with E-state index in [1.807, 2.05) is 20.8 Å². The Balaban J connectivity index is 4.25. The van der Waals surface area contributed by atoms with Gasteiger partial charge in [-0.15, -0.1) is 0 Å². The summed E-state index contributed by atoms with van der Waals surface area (Å²) < 4.78 is 15.4. The Kier molecular flexibility index (Phi) is 4.74. The predicted molar refractivity (Wildman–Crippen MR) is 47.8 cm³/mol. The molecule has 0 aromatic heterocycles. The monoisotopic (exact) mass is 174 g/mol. The summed E-state index contributed by atoms with van der Waals surface area (Å²) in [6.45, 7) is 6.38. The Bertz CT molecular complexity index is 150. The maximum Gasteiger partial charge on any atom is 0.277 e. The molecule has 12 heavy (non-hydrogen) atoms. The molecule has 0 rings (SSSR count). The maximum atomic E-state index is 5.19. The van der Waals surface area contributed by atoms with Crippen molar-refractivity contribution in [2.45, 2.75) is 26.4 Å². The summed E-state index contributed by atoms with van der Waals surface area (Å²) in [6, 6.07) is 0. The minimum atomic E-state index is -0.347. The third-order valence-electron chi connectivity index (χ3n) is 1.48. The van der Waals surface area contributed by atoms with Gasteiger partial charge >= 0.3 is 0 Å². The second-order valence-corrected chi connectivity index (χ2v) is 2.91. The molecule has 0 radical (unpaired) electrons. The zero-order valence-corrected chi connectivity index (χ0v) is 8.51. The average Bonchev–Trinajstić information content (AvgIpc) is 2.03. The van der Waals surface area contributed by atoms with E-state index in [-0.39, 0.29) is 5.60 Å². The van der Waals surface area contributed by atoms with Crippen LogP contribution in [0.1, 0.15) is 20.8 Å². The van der Waals surface area contributed by atoms with Gasteiger partial charge in [0.2, 0.25) is 0 Å². The second kappa shape index (κ2) is 5.04. The zero-order valence-electron chi connectivity index (χ0n) is 8.51. The second-order valence-electron chi connectivity index (χ2n) is 2.91. The van der Waals surface area contributed by atoms with E-state index in [4.69, 9.17) is 14.2 Å². The van der Waals surface area contributed by atoms with Gasteiger partial charge in [-0.05, 0) is 20.8 Å². The van der Waals surface area contributed by atoms with Crippen molar-refractivity contribution >= 4 is 0 Å². The first-order chi connectivity index (χ1) is 5.55. The lowest BCUT2D eigenvalue weighted by molar-refractivity contribution is 0.0320. The first kappa shape index (κ1) is 11.3. The molecule has 0 aromatic carbocycles. The topological polar surface area (TPSA) is 27.7 Å². The van der Waals surface area contributed by atoms with Crippen LogP contribution >= 0.6 is 0 Å². The van der Waals surface area contributed by atoms with Crippen LogP contribution in [0.15, 0.2) is 12.0 Å². The lowest BCUT2D eigenvalue weighted by Gasteiger charge is -2.19. The summed E-state index contributed by atoms with van der Waals surface area (Å²) in [5.74, 6) is 0.504. The van der Waals surface area contributed by atoms with Crippen LogP contribution in [0.2, 0.25) is 0 Å². The Morgan fingerprint density at radius 2 is 1.92 bits per heavy atom. The average molecular weight is 174 g/mol. The molecule has 0 saturated heterocycles. The lowest BCUT2D eigenvalue weighted by Crippen LogP contribution is -2.20. The van der Waals surface area contributed by atoms with Gasteiger partial charge < -0.3 is 14.2 Å². The number of methoxy groups -OCH3 is 2. The van der Waals surface area contributed by atoms with Gasteiger partial charge in [-0.2, -0.15) is 0 Å². The number of rotatable bonds is 5. The van der Waals surface area contributed by atoms with E-state index in [0.29, 0.717) is 12.6 Å². The maximum absolute atomic E-state index is 5.19. The summed E-state index contributed by atoms with van der Waals surface area (Å²) in [5, 5.41) is 0. The SMILES string of the molecule is CCO/C(=C/C(C)(C)OC)OC. The molecule has 3 heteroatoms. The Labute approximate surface area is 74.3 Å². The molecule has 0 aliphatic heterocycles. The van der Waals surface area contributed by atoms with Crippen molar-refractivity contribution in [3.05, 3.63) is 12.0 Å². The highest BCUT2D eigenvalue weighted by Crippen LogP contribution is 2.13. The van der Waals surface area contributed by atoms with Crippen molar-refractivity contribution in [2.75, 3.05) is 20.8 Å². The van der Waals surface area contributed by atoms with Gasteiger partial charge in [0.1, 0.15) is 0 Å². The minimum absolute atomic E-state index is 0.347. The lowest BCUT2D eigenvalue weighted by atomic mass is 10.1. The molecular weight excluding hydrogens is 156 g/mol. The molecular formula is C9H18O3.